The van der Waals surface area contributed by atoms with Crippen LogP contribution >= 0.6 is 23.2 Å². The number of hydrogen-bond donors (Lipinski definition) is 1. The number of nitrogens with one attached hydrogen (secondary N) is 1. The first kappa shape index (κ1) is 10.5. The van der Waals surface area contributed by atoms with Crippen molar-refractivity contribution in [2.24, 2.45) is 0 Å². The molecule has 1 aliphatic carbocycles. The molecule has 0 bridgehead atoms. The van der Waals surface area contributed by atoms with Crippen LogP contribution in [0.3, 0.4) is 0 Å². The van der Waals surface area contributed by atoms with E-state index in [0.29, 0.717) is 24.2 Å². The van der Waals surface area contributed by atoms with E-state index in [1.54, 1.807) is 18.3 Å². The maximum Gasteiger partial charge on any atom is 0.144 e. The van der Waals surface area contributed by atoms with Crippen LogP contribution in [-0.4, -0.2) is 15.4 Å². The third-order valence-corrected chi connectivity index (χ3v) is 2.98. The molecule has 1 aliphatic rings. The molecule has 1 aromatic rings. The van der Waals surface area contributed by atoms with E-state index in [1.165, 1.54) is 0 Å². The summed E-state index contributed by atoms with van der Waals surface area (Å²) in [5.41, 5.74) is 0.541. The second-order valence-electron chi connectivity index (χ2n) is 3.62. The van der Waals surface area contributed by atoms with Gasteiger partial charge in [0.2, 0.25) is 0 Å². The van der Waals surface area contributed by atoms with Crippen LogP contribution in [-0.2, 0) is 0 Å². The van der Waals surface area contributed by atoms with E-state index < -0.39 is 4.33 Å². The molecule has 3 nitrogen and oxygen atoms in total. The summed E-state index contributed by atoms with van der Waals surface area (Å²) in [4.78, 5) is 4.10. The highest BCUT2D eigenvalue weighted by molar-refractivity contribution is 6.49. The lowest BCUT2D eigenvalue weighted by Gasteiger charge is -2.38. The predicted molar refractivity (Wildman–Crippen MR) is 60.0 cm³/mol. The normalized spacial score (nSPS) is 19.0. The lowest BCUT2D eigenvalue weighted by Crippen LogP contribution is -2.43. The minimum Gasteiger partial charge on any atom is -0.366 e. The van der Waals surface area contributed by atoms with Crippen molar-refractivity contribution in [3.63, 3.8) is 0 Å². The molecule has 0 radical (unpaired) electrons. The Kier molecular flexibility index (Phi) is 2.72. The zero-order valence-corrected chi connectivity index (χ0v) is 9.39. The molecule has 5 heteroatoms. The summed E-state index contributed by atoms with van der Waals surface area (Å²) in [6.07, 6.45) is 3.01. The molecule has 2 rings (SSSR count). The van der Waals surface area contributed by atoms with Gasteiger partial charge in [0.25, 0.3) is 0 Å². The molecular formula is C10H9Cl2N3. The molecule has 0 aliphatic heterocycles. The van der Waals surface area contributed by atoms with Crippen LogP contribution in [0.15, 0.2) is 18.3 Å². The number of halogens is 2. The Morgan fingerprint density at radius 1 is 1.53 bits per heavy atom. The number of nitriles is 1. The van der Waals surface area contributed by atoms with Crippen LogP contribution in [0.1, 0.15) is 18.4 Å². The smallest absolute Gasteiger partial charge is 0.144 e. The molecule has 0 unspecified atom stereocenters. The minimum absolute atomic E-state index is 0.210. The van der Waals surface area contributed by atoms with Gasteiger partial charge in [0.15, 0.2) is 0 Å². The Morgan fingerprint density at radius 3 is 2.87 bits per heavy atom. The molecule has 1 saturated carbocycles. The van der Waals surface area contributed by atoms with E-state index >= 15 is 0 Å². The third-order valence-electron chi connectivity index (χ3n) is 2.36. The number of rotatable bonds is 2. The number of aromatic nitrogens is 1. The van der Waals surface area contributed by atoms with Gasteiger partial charge in [-0.25, -0.2) is 4.98 Å². The molecule has 1 fully saturated rings. The Morgan fingerprint density at radius 2 is 2.27 bits per heavy atom. The summed E-state index contributed by atoms with van der Waals surface area (Å²) in [7, 11) is 0. The second kappa shape index (κ2) is 3.88. The van der Waals surface area contributed by atoms with Gasteiger partial charge in [-0.15, -0.1) is 23.2 Å². The zero-order chi connectivity index (χ0) is 10.9. The zero-order valence-electron chi connectivity index (χ0n) is 7.87. The number of pyridine rings is 1. The van der Waals surface area contributed by atoms with E-state index in [4.69, 9.17) is 28.5 Å². The molecular weight excluding hydrogens is 233 g/mol. The fourth-order valence-corrected chi connectivity index (χ4v) is 2.31. The SMILES string of the molecule is N#Cc1cccnc1NC1CC(Cl)(Cl)C1. The molecule has 0 saturated heterocycles. The molecule has 1 heterocycles. The topological polar surface area (TPSA) is 48.7 Å². The Hall–Kier alpha value is -0.980. The van der Waals surface area contributed by atoms with Gasteiger partial charge in [-0.3, -0.25) is 0 Å². The molecule has 78 valence electrons. The summed E-state index contributed by atoms with van der Waals surface area (Å²) in [5, 5.41) is 12.0. The van der Waals surface area contributed by atoms with E-state index in [9.17, 15) is 0 Å². The predicted octanol–water partition coefficient (Wildman–Crippen LogP) is 2.70. The maximum atomic E-state index is 8.84. The van der Waals surface area contributed by atoms with Crippen molar-refractivity contribution in [2.45, 2.75) is 23.2 Å². The van der Waals surface area contributed by atoms with Crippen molar-refractivity contribution in [2.75, 3.05) is 5.32 Å². The largest absolute Gasteiger partial charge is 0.366 e. The monoisotopic (exact) mass is 241 g/mol. The van der Waals surface area contributed by atoms with Crippen LogP contribution in [0.25, 0.3) is 0 Å². The summed E-state index contributed by atoms with van der Waals surface area (Å²) >= 11 is 11.8. The average Bonchev–Trinajstić information content (AvgIpc) is 2.16. The van der Waals surface area contributed by atoms with E-state index in [0.717, 1.165) is 0 Å². The fraction of sp³-hybridized carbons (Fsp3) is 0.400. The Labute approximate surface area is 98.0 Å². The van der Waals surface area contributed by atoms with Gasteiger partial charge in [-0.05, 0) is 12.1 Å². The molecule has 15 heavy (non-hydrogen) atoms. The third kappa shape index (κ3) is 2.34. The summed E-state index contributed by atoms with van der Waals surface area (Å²) in [5.74, 6) is 0.605. The fourth-order valence-electron chi connectivity index (χ4n) is 1.57. The first-order valence-electron chi connectivity index (χ1n) is 4.60. The maximum absolute atomic E-state index is 8.84. The quantitative estimate of drug-likeness (QED) is 0.811. The molecule has 1 N–H and O–H groups in total. The van der Waals surface area contributed by atoms with Gasteiger partial charge in [0.05, 0.1) is 5.56 Å². The summed E-state index contributed by atoms with van der Waals surface area (Å²) in [6.45, 7) is 0. The van der Waals surface area contributed by atoms with Gasteiger partial charge in [0, 0.05) is 25.1 Å². The van der Waals surface area contributed by atoms with Crippen LogP contribution in [0.5, 0.6) is 0 Å². The standard InChI is InChI=1S/C10H9Cl2N3/c11-10(12)4-8(5-10)15-9-7(6-13)2-1-3-14-9/h1-3,8H,4-5H2,(H,14,15). The van der Waals surface area contributed by atoms with Crippen molar-refractivity contribution in [3.8, 4) is 6.07 Å². The Bertz CT molecular complexity index is 403. The van der Waals surface area contributed by atoms with E-state index in [1.807, 2.05) is 0 Å². The van der Waals surface area contributed by atoms with Crippen molar-refractivity contribution in [3.05, 3.63) is 23.9 Å². The van der Waals surface area contributed by atoms with Crippen LogP contribution in [0, 0.1) is 11.3 Å². The van der Waals surface area contributed by atoms with Gasteiger partial charge >= 0.3 is 0 Å². The molecule has 0 atom stereocenters. The van der Waals surface area contributed by atoms with Crippen molar-refractivity contribution >= 4 is 29.0 Å². The minimum atomic E-state index is -0.612. The first-order valence-corrected chi connectivity index (χ1v) is 5.36. The number of anilines is 1. The average molecular weight is 242 g/mol. The summed E-state index contributed by atoms with van der Waals surface area (Å²) in [6, 6.07) is 5.75. The van der Waals surface area contributed by atoms with E-state index in [2.05, 4.69) is 16.4 Å². The lowest BCUT2D eigenvalue weighted by atomic mass is 9.91. The first-order chi connectivity index (χ1) is 7.11. The van der Waals surface area contributed by atoms with Crippen LogP contribution in [0.2, 0.25) is 0 Å². The van der Waals surface area contributed by atoms with Crippen LogP contribution in [0.4, 0.5) is 5.82 Å². The van der Waals surface area contributed by atoms with Gasteiger partial charge in [-0.2, -0.15) is 5.26 Å². The van der Waals surface area contributed by atoms with E-state index in [-0.39, 0.29) is 6.04 Å². The molecule has 1 aromatic heterocycles. The van der Waals surface area contributed by atoms with Crippen molar-refractivity contribution in [1.29, 1.82) is 5.26 Å². The lowest BCUT2D eigenvalue weighted by molar-refractivity contribution is 0.413. The number of nitrogens with zero attached hydrogens (tertiary/aromatic N) is 2. The van der Waals surface area contributed by atoms with Crippen molar-refractivity contribution < 1.29 is 0 Å². The van der Waals surface area contributed by atoms with Crippen molar-refractivity contribution in [1.82, 2.24) is 4.98 Å². The van der Waals surface area contributed by atoms with Gasteiger partial charge in [-0.1, -0.05) is 0 Å². The second-order valence-corrected chi connectivity index (χ2v) is 5.26. The molecule has 0 spiro atoms. The highest BCUT2D eigenvalue weighted by Crippen LogP contribution is 2.43. The van der Waals surface area contributed by atoms with Crippen LogP contribution < -0.4 is 5.32 Å². The number of alkyl halides is 2. The summed E-state index contributed by atoms with van der Waals surface area (Å²) < 4.78 is -0.612. The number of hydrogen-bond acceptors (Lipinski definition) is 3. The highest BCUT2D eigenvalue weighted by Gasteiger charge is 2.41. The van der Waals surface area contributed by atoms with Gasteiger partial charge < -0.3 is 5.32 Å². The Balaban J connectivity index is 2.04. The molecule has 0 aromatic carbocycles. The highest BCUT2D eigenvalue weighted by atomic mass is 35.5. The van der Waals surface area contributed by atoms with Gasteiger partial charge in [0.1, 0.15) is 16.2 Å². The molecule has 0 amide bonds.